The predicted octanol–water partition coefficient (Wildman–Crippen LogP) is 1.42. The van der Waals surface area contributed by atoms with Gasteiger partial charge in [-0.1, -0.05) is 70.2 Å². The molecule has 288 valence electrons. The zero-order valence-electron chi connectivity index (χ0n) is 31.4. The van der Waals surface area contributed by atoms with E-state index in [0.29, 0.717) is 18.4 Å². The summed E-state index contributed by atoms with van der Waals surface area (Å²) in [7, 11) is 1.46. The lowest BCUT2D eigenvalue weighted by atomic mass is 9.99. The van der Waals surface area contributed by atoms with Crippen LogP contribution in [0.3, 0.4) is 0 Å². The standard InChI is InChI=1S/C39H54N6O8/c1-22(2)19-28-38(51)45-18-10-13-30(45)34(47)41-29(20-25-11-8-7-9-12-25)37(50)44(6)31(21-26-14-16-27(46)17-15-26)35(48)43-33(23(3)4)39(52)53-24(5)32(40)36(49)42-28/h7-9,11-12,14-17,22-24,28-33,46H,10,13,18-21,40H2,1-6H3,(H,41,47)(H,42,49)(H,43,48)/t24?,28-,29?,30+,31-,32-,33-/m0/s1. The molecule has 2 aliphatic rings. The Kier molecular flexibility index (Phi) is 14.0. The fourth-order valence-electron chi connectivity index (χ4n) is 6.73. The smallest absolute Gasteiger partial charge is 0.329 e. The third kappa shape index (κ3) is 10.6. The van der Waals surface area contributed by atoms with Gasteiger partial charge in [0, 0.05) is 26.4 Å². The third-order valence-corrected chi connectivity index (χ3v) is 9.87. The van der Waals surface area contributed by atoms with Gasteiger partial charge < -0.3 is 41.3 Å². The second kappa shape index (κ2) is 18.2. The highest BCUT2D eigenvalue weighted by atomic mass is 16.5. The van der Waals surface area contributed by atoms with E-state index in [2.05, 4.69) is 16.0 Å². The Hall–Kier alpha value is -4.98. The summed E-state index contributed by atoms with van der Waals surface area (Å²) in [5.74, 6) is -4.22. The van der Waals surface area contributed by atoms with Gasteiger partial charge in [0.05, 0.1) is 0 Å². The van der Waals surface area contributed by atoms with Gasteiger partial charge in [0.2, 0.25) is 29.5 Å². The van der Waals surface area contributed by atoms with Crippen molar-refractivity contribution in [2.75, 3.05) is 13.6 Å². The van der Waals surface area contributed by atoms with E-state index in [1.165, 1.54) is 35.9 Å². The maximum absolute atomic E-state index is 14.5. The van der Waals surface area contributed by atoms with Gasteiger partial charge in [-0.2, -0.15) is 0 Å². The molecule has 7 atom stereocenters. The van der Waals surface area contributed by atoms with Crippen LogP contribution in [0.2, 0.25) is 0 Å². The van der Waals surface area contributed by atoms with Crippen LogP contribution in [0.5, 0.6) is 5.75 Å². The summed E-state index contributed by atoms with van der Waals surface area (Å²) >= 11 is 0. The second-order valence-electron chi connectivity index (χ2n) is 14.9. The fraction of sp³-hybridized carbons (Fsp3) is 0.538. The molecule has 53 heavy (non-hydrogen) atoms. The van der Waals surface area contributed by atoms with Crippen molar-refractivity contribution in [2.24, 2.45) is 17.6 Å². The van der Waals surface area contributed by atoms with E-state index in [1.807, 2.05) is 44.2 Å². The Morgan fingerprint density at radius 1 is 0.811 bits per heavy atom. The molecule has 2 unspecified atom stereocenters. The van der Waals surface area contributed by atoms with Crippen LogP contribution in [-0.2, 0) is 46.3 Å². The number of hydrogen-bond donors (Lipinski definition) is 5. The number of ether oxygens (including phenoxy) is 1. The first-order chi connectivity index (χ1) is 25.1. The molecule has 2 aromatic rings. The van der Waals surface area contributed by atoms with Crippen LogP contribution in [0.4, 0.5) is 0 Å². The van der Waals surface area contributed by atoms with E-state index < -0.39 is 83.8 Å². The highest BCUT2D eigenvalue weighted by molar-refractivity contribution is 5.97. The number of aromatic hydroxyl groups is 1. The minimum atomic E-state index is -1.35. The molecule has 2 aliphatic heterocycles. The molecule has 14 heteroatoms. The Bertz CT molecular complexity index is 1620. The molecule has 4 rings (SSSR count). The molecule has 0 radical (unpaired) electrons. The molecular weight excluding hydrogens is 680 g/mol. The highest BCUT2D eigenvalue weighted by Gasteiger charge is 2.42. The van der Waals surface area contributed by atoms with Crippen molar-refractivity contribution < 1.29 is 38.6 Å². The van der Waals surface area contributed by atoms with Crippen molar-refractivity contribution in [3.8, 4) is 5.75 Å². The molecule has 2 heterocycles. The number of nitrogens with zero attached hydrogens (tertiary/aromatic N) is 2. The van der Waals surface area contributed by atoms with Gasteiger partial charge in [-0.05, 0) is 61.3 Å². The summed E-state index contributed by atoms with van der Waals surface area (Å²) in [6, 6.07) is 8.51. The molecule has 14 nitrogen and oxygen atoms in total. The number of benzene rings is 2. The molecule has 0 saturated carbocycles. The normalized spacial score (nSPS) is 27.0. The number of carbonyl (C=O) groups excluding carboxylic acids is 6. The topological polar surface area (TPSA) is 200 Å². The van der Waals surface area contributed by atoms with E-state index in [-0.39, 0.29) is 37.5 Å². The van der Waals surface area contributed by atoms with Crippen LogP contribution in [-0.4, -0.2) is 106 Å². The first kappa shape index (κ1) is 40.8. The largest absolute Gasteiger partial charge is 0.508 e. The zero-order valence-corrected chi connectivity index (χ0v) is 31.4. The lowest BCUT2D eigenvalue weighted by Gasteiger charge is -2.33. The Balaban J connectivity index is 1.80. The molecule has 6 N–H and O–H groups in total. The van der Waals surface area contributed by atoms with Gasteiger partial charge in [0.1, 0.15) is 48.1 Å². The minimum absolute atomic E-state index is 0.00378. The van der Waals surface area contributed by atoms with Gasteiger partial charge in [0.15, 0.2) is 0 Å². The number of esters is 1. The molecule has 0 aromatic heterocycles. The molecule has 2 fully saturated rings. The minimum Gasteiger partial charge on any atom is -0.508 e. The third-order valence-electron chi connectivity index (χ3n) is 9.87. The average molecular weight is 735 g/mol. The highest BCUT2D eigenvalue weighted by Crippen LogP contribution is 2.22. The summed E-state index contributed by atoms with van der Waals surface area (Å²) in [5, 5.41) is 18.3. The number of rotatable bonds is 7. The van der Waals surface area contributed by atoms with Gasteiger partial charge in [-0.3, -0.25) is 24.0 Å². The summed E-state index contributed by atoms with van der Waals surface area (Å²) < 4.78 is 5.65. The van der Waals surface area contributed by atoms with E-state index in [4.69, 9.17) is 10.5 Å². The molecule has 5 amide bonds. The molecule has 0 bridgehead atoms. The number of cyclic esters (lactones) is 1. The summed E-state index contributed by atoms with van der Waals surface area (Å²) in [6.07, 6.45) is 0.0914. The van der Waals surface area contributed by atoms with E-state index in [1.54, 1.807) is 26.0 Å². The number of nitrogens with two attached hydrogens (primary N) is 1. The van der Waals surface area contributed by atoms with Gasteiger partial charge >= 0.3 is 5.97 Å². The van der Waals surface area contributed by atoms with Crippen LogP contribution in [0, 0.1) is 11.8 Å². The molecule has 0 spiro atoms. The lowest BCUT2D eigenvalue weighted by Crippen LogP contribution is -2.60. The lowest BCUT2D eigenvalue weighted by molar-refractivity contribution is -0.156. The molecule has 2 aromatic carbocycles. The molecule has 0 aliphatic carbocycles. The van der Waals surface area contributed by atoms with E-state index in [0.717, 1.165) is 5.56 Å². The Morgan fingerprint density at radius 3 is 2.06 bits per heavy atom. The number of fused-ring (bicyclic) bond motifs is 1. The number of carbonyl (C=O) groups is 6. The molecule has 2 saturated heterocycles. The average Bonchev–Trinajstić information content (AvgIpc) is 3.61. The van der Waals surface area contributed by atoms with Crippen LogP contribution in [0.25, 0.3) is 0 Å². The van der Waals surface area contributed by atoms with Crippen molar-refractivity contribution in [1.29, 1.82) is 0 Å². The second-order valence-corrected chi connectivity index (χ2v) is 14.9. The van der Waals surface area contributed by atoms with E-state index in [9.17, 15) is 33.9 Å². The first-order valence-corrected chi connectivity index (χ1v) is 18.3. The summed E-state index contributed by atoms with van der Waals surface area (Å²) in [6.45, 7) is 8.95. The number of nitrogens with one attached hydrogen (secondary N) is 3. The number of hydrogen-bond acceptors (Lipinski definition) is 9. The fourth-order valence-corrected chi connectivity index (χ4v) is 6.73. The van der Waals surface area contributed by atoms with Crippen molar-refractivity contribution in [3.63, 3.8) is 0 Å². The van der Waals surface area contributed by atoms with Gasteiger partial charge in [0.25, 0.3) is 0 Å². The van der Waals surface area contributed by atoms with Crippen LogP contribution in [0.1, 0.15) is 65.0 Å². The number of phenols is 1. The van der Waals surface area contributed by atoms with Crippen LogP contribution < -0.4 is 21.7 Å². The van der Waals surface area contributed by atoms with Gasteiger partial charge in [-0.25, -0.2) is 4.79 Å². The summed E-state index contributed by atoms with van der Waals surface area (Å²) in [5.41, 5.74) is 7.65. The maximum atomic E-state index is 14.5. The monoisotopic (exact) mass is 734 g/mol. The predicted molar refractivity (Wildman–Crippen MR) is 197 cm³/mol. The Labute approximate surface area is 311 Å². The quantitative estimate of drug-likeness (QED) is 0.261. The molecular formula is C39H54N6O8. The number of likely N-dealkylation sites (N-methyl/N-ethyl adjacent to an activating group) is 1. The summed E-state index contributed by atoms with van der Waals surface area (Å²) in [4.78, 5) is 86.6. The van der Waals surface area contributed by atoms with Crippen molar-refractivity contribution in [3.05, 3.63) is 65.7 Å². The van der Waals surface area contributed by atoms with E-state index >= 15 is 0 Å². The maximum Gasteiger partial charge on any atom is 0.329 e. The van der Waals surface area contributed by atoms with Crippen LogP contribution in [0.15, 0.2) is 54.6 Å². The van der Waals surface area contributed by atoms with Crippen molar-refractivity contribution in [2.45, 2.75) is 109 Å². The first-order valence-electron chi connectivity index (χ1n) is 18.3. The van der Waals surface area contributed by atoms with Crippen LogP contribution >= 0.6 is 0 Å². The Morgan fingerprint density at radius 2 is 1.43 bits per heavy atom. The number of phenolic OH excluding ortho intramolecular Hbond substituents is 1. The van der Waals surface area contributed by atoms with Crippen molar-refractivity contribution in [1.82, 2.24) is 25.8 Å². The van der Waals surface area contributed by atoms with Gasteiger partial charge in [-0.15, -0.1) is 0 Å². The zero-order chi connectivity index (χ0) is 39.0. The van der Waals surface area contributed by atoms with Crippen molar-refractivity contribution >= 4 is 35.5 Å². The SMILES string of the molecule is CC(C)C[C@@H]1NC(=O)[C@@H](N)C(C)OC(=O)[C@H](C(C)C)NC(=O)[C@H](Cc2ccc(O)cc2)N(C)C(=O)C(Cc2ccccc2)NC(=O)[C@H]2CCCN2C1=O. The number of amides is 5.